The van der Waals surface area contributed by atoms with Gasteiger partial charge in [0.25, 0.3) is 0 Å². The molecule has 1 amide bonds. The number of halogens is 2. The number of hydrogen-bond donors (Lipinski definition) is 1. The van der Waals surface area contributed by atoms with Crippen molar-refractivity contribution >= 4 is 40.5 Å². The van der Waals surface area contributed by atoms with Crippen molar-refractivity contribution in [3.8, 4) is 0 Å². The second-order valence-electron chi connectivity index (χ2n) is 7.26. The third kappa shape index (κ3) is 3.66. The van der Waals surface area contributed by atoms with Crippen molar-refractivity contribution in [3.63, 3.8) is 0 Å². The lowest BCUT2D eigenvalue weighted by atomic mass is 10.1. The van der Waals surface area contributed by atoms with E-state index in [0.717, 1.165) is 13.1 Å². The van der Waals surface area contributed by atoms with E-state index in [4.69, 9.17) is 23.2 Å². The summed E-state index contributed by atoms with van der Waals surface area (Å²) in [6.07, 6.45) is 0. The first-order valence-corrected chi connectivity index (χ1v) is 9.91. The highest BCUT2D eigenvalue weighted by molar-refractivity contribution is 6.42. The Hall–Kier alpha value is -2.31. The number of aryl methyl sites for hydroxylation is 2. The predicted octanol–water partition coefficient (Wildman–Crippen LogP) is 4.49. The molecule has 2 aliphatic heterocycles. The quantitative estimate of drug-likeness (QED) is 0.796. The zero-order chi connectivity index (χ0) is 19.8. The van der Waals surface area contributed by atoms with E-state index in [1.54, 1.807) is 23.2 Å². The Morgan fingerprint density at radius 2 is 1.89 bits per heavy atom. The van der Waals surface area contributed by atoms with E-state index in [0.29, 0.717) is 15.7 Å². The van der Waals surface area contributed by atoms with Crippen LogP contribution in [0.5, 0.6) is 0 Å². The normalized spacial score (nSPS) is 20.6. The number of amides is 1. The molecule has 1 N–H and O–H groups in total. The van der Waals surface area contributed by atoms with Crippen molar-refractivity contribution < 1.29 is 4.79 Å². The van der Waals surface area contributed by atoms with Crippen LogP contribution in [0.15, 0.2) is 46.7 Å². The molecule has 2 atom stereocenters. The van der Waals surface area contributed by atoms with Gasteiger partial charge in [0, 0.05) is 24.5 Å². The van der Waals surface area contributed by atoms with Crippen LogP contribution in [0.4, 0.5) is 11.4 Å². The maximum atomic E-state index is 12.5. The largest absolute Gasteiger partial charge is 0.367 e. The molecule has 0 spiro atoms. The molecule has 0 aliphatic carbocycles. The standard InChI is InChI=1S/C20H21Cl2N5O/c1-12-4-3-5-13(2)20(12)26-9-17-18(10-26)27(25-24-17)11-19(28)23-14-6-7-15(21)16(22)8-14/h3-8,17-18H,9-11H2,1-2H3,(H,23,28)/t17-,18+/m1/s1. The number of rotatable bonds is 4. The number of hydrogen-bond acceptors (Lipinski definition) is 5. The van der Waals surface area contributed by atoms with Gasteiger partial charge < -0.3 is 10.2 Å². The minimum atomic E-state index is -0.163. The Labute approximate surface area is 174 Å². The van der Waals surface area contributed by atoms with E-state index in [1.165, 1.54) is 16.8 Å². The first-order chi connectivity index (χ1) is 13.4. The van der Waals surface area contributed by atoms with Crippen LogP contribution in [0.2, 0.25) is 10.0 Å². The molecule has 6 nitrogen and oxygen atoms in total. The van der Waals surface area contributed by atoms with E-state index in [2.05, 4.69) is 52.6 Å². The van der Waals surface area contributed by atoms with Gasteiger partial charge in [-0.15, -0.1) is 0 Å². The van der Waals surface area contributed by atoms with Crippen molar-refractivity contribution in [2.75, 3.05) is 29.9 Å². The first-order valence-electron chi connectivity index (χ1n) is 9.16. The number of carbonyl (C=O) groups excluding carboxylic acids is 1. The zero-order valence-electron chi connectivity index (χ0n) is 15.7. The maximum Gasteiger partial charge on any atom is 0.245 e. The van der Waals surface area contributed by atoms with Gasteiger partial charge in [-0.1, -0.05) is 46.6 Å². The monoisotopic (exact) mass is 417 g/mol. The second kappa shape index (κ2) is 7.60. The van der Waals surface area contributed by atoms with Crippen molar-refractivity contribution in [1.29, 1.82) is 0 Å². The van der Waals surface area contributed by atoms with Crippen LogP contribution in [0.1, 0.15) is 11.1 Å². The van der Waals surface area contributed by atoms with Gasteiger partial charge in [-0.3, -0.25) is 9.80 Å². The molecule has 8 heteroatoms. The van der Waals surface area contributed by atoms with Crippen LogP contribution in [0.3, 0.4) is 0 Å². The summed E-state index contributed by atoms with van der Waals surface area (Å²) in [6.45, 7) is 6.00. The average molecular weight is 418 g/mol. The molecule has 2 aromatic carbocycles. The van der Waals surface area contributed by atoms with Crippen LogP contribution in [-0.4, -0.2) is 42.6 Å². The number of nitrogens with one attached hydrogen (secondary N) is 1. The topological polar surface area (TPSA) is 60.3 Å². The lowest BCUT2D eigenvalue weighted by molar-refractivity contribution is -0.117. The lowest BCUT2D eigenvalue weighted by Gasteiger charge is -2.25. The Balaban J connectivity index is 1.41. The van der Waals surface area contributed by atoms with Crippen LogP contribution in [0, 0.1) is 13.8 Å². The highest BCUT2D eigenvalue weighted by Crippen LogP contribution is 2.33. The van der Waals surface area contributed by atoms with E-state index >= 15 is 0 Å². The molecule has 0 radical (unpaired) electrons. The molecule has 2 aliphatic rings. The molecular formula is C20H21Cl2N5O. The van der Waals surface area contributed by atoms with Gasteiger partial charge in [0.2, 0.25) is 5.91 Å². The van der Waals surface area contributed by atoms with Crippen molar-refractivity contribution in [2.45, 2.75) is 25.9 Å². The predicted molar refractivity (Wildman–Crippen MR) is 112 cm³/mol. The third-order valence-corrected chi connectivity index (χ3v) is 5.96. The summed E-state index contributed by atoms with van der Waals surface area (Å²) >= 11 is 11.9. The molecule has 4 rings (SSSR count). The van der Waals surface area contributed by atoms with Gasteiger partial charge in [0.15, 0.2) is 0 Å². The fourth-order valence-electron chi connectivity index (χ4n) is 3.93. The molecule has 28 heavy (non-hydrogen) atoms. The fourth-order valence-corrected chi connectivity index (χ4v) is 4.23. The molecule has 0 bridgehead atoms. The number of benzene rings is 2. The highest BCUT2D eigenvalue weighted by atomic mass is 35.5. The van der Waals surface area contributed by atoms with Gasteiger partial charge in [0.05, 0.1) is 16.1 Å². The summed E-state index contributed by atoms with van der Waals surface area (Å²) in [4.78, 5) is 14.8. The molecule has 0 saturated carbocycles. The second-order valence-corrected chi connectivity index (χ2v) is 8.07. The van der Waals surface area contributed by atoms with Crippen LogP contribution in [-0.2, 0) is 4.79 Å². The Bertz CT molecular complexity index is 928. The Kier molecular flexibility index (Phi) is 5.17. The summed E-state index contributed by atoms with van der Waals surface area (Å²) in [6, 6.07) is 11.5. The third-order valence-electron chi connectivity index (χ3n) is 5.22. The number of para-hydroxylation sites is 1. The summed E-state index contributed by atoms with van der Waals surface area (Å²) in [5.41, 5.74) is 4.37. The summed E-state index contributed by atoms with van der Waals surface area (Å²) in [5, 5.41) is 14.1. The van der Waals surface area contributed by atoms with Crippen LogP contribution >= 0.6 is 23.2 Å². The molecule has 1 saturated heterocycles. The van der Waals surface area contributed by atoms with Crippen molar-refractivity contribution in [1.82, 2.24) is 5.01 Å². The summed E-state index contributed by atoms with van der Waals surface area (Å²) < 4.78 is 0. The van der Waals surface area contributed by atoms with Gasteiger partial charge in [0.1, 0.15) is 12.6 Å². The Morgan fingerprint density at radius 3 is 2.61 bits per heavy atom. The number of carbonyl (C=O) groups is 1. The van der Waals surface area contributed by atoms with Crippen molar-refractivity contribution in [2.24, 2.45) is 10.3 Å². The van der Waals surface area contributed by atoms with Gasteiger partial charge in [-0.2, -0.15) is 5.11 Å². The highest BCUT2D eigenvalue weighted by Gasteiger charge is 2.42. The SMILES string of the molecule is Cc1cccc(C)c1N1C[C@H]2N=NN(CC(=O)Nc3ccc(Cl)c(Cl)c3)[C@H]2C1. The number of anilines is 2. The smallest absolute Gasteiger partial charge is 0.245 e. The zero-order valence-corrected chi connectivity index (χ0v) is 17.2. The minimum Gasteiger partial charge on any atom is -0.367 e. The van der Waals surface area contributed by atoms with Crippen LogP contribution in [0.25, 0.3) is 0 Å². The first kappa shape index (κ1) is 19.0. The molecule has 146 valence electrons. The van der Waals surface area contributed by atoms with Crippen LogP contribution < -0.4 is 10.2 Å². The van der Waals surface area contributed by atoms with Gasteiger partial charge in [-0.25, -0.2) is 0 Å². The molecule has 2 aromatic rings. The number of fused-ring (bicyclic) bond motifs is 1. The molecule has 2 heterocycles. The number of nitrogens with zero attached hydrogens (tertiary/aromatic N) is 4. The van der Waals surface area contributed by atoms with Crippen molar-refractivity contribution in [3.05, 3.63) is 57.6 Å². The van der Waals surface area contributed by atoms with E-state index in [9.17, 15) is 4.79 Å². The van der Waals surface area contributed by atoms with E-state index in [1.807, 2.05) is 0 Å². The average Bonchev–Trinajstić information content (AvgIpc) is 3.20. The molecule has 0 unspecified atom stereocenters. The molecule has 1 fully saturated rings. The maximum absolute atomic E-state index is 12.5. The minimum absolute atomic E-state index is 0.0804. The Morgan fingerprint density at radius 1 is 1.14 bits per heavy atom. The lowest BCUT2D eigenvalue weighted by Crippen LogP contribution is -2.39. The summed E-state index contributed by atoms with van der Waals surface area (Å²) in [7, 11) is 0. The summed E-state index contributed by atoms with van der Waals surface area (Å²) in [5.74, 6) is -0.163. The fraction of sp³-hybridized carbons (Fsp3) is 0.350. The van der Waals surface area contributed by atoms with Gasteiger partial charge >= 0.3 is 0 Å². The molecular weight excluding hydrogens is 397 g/mol. The van der Waals surface area contributed by atoms with E-state index in [-0.39, 0.29) is 24.5 Å². The molecule has 0 aromatic heterocycles. The van der Waals surface area contributed by atoms with E-state index < -0.39 is 0 Å². The van der Waals surface area contributed by atoms with Gasteiger partial charge in [-0.05, 0) is 43.2 Å².